The minimum atomic E-state index is -0.145. The van der Waals surface area contributed by atoms with E-state index in [-0.39, 0.29) is 29.7 Å². The third-order valence-corrected chi connectivity index (χ3v) is 6.29. The zero-order chi connectivity index (χ0) is 18.8. The van der Waals surface area contributed by atoms with Crippen LogP contribution >= 0.6 is 0 Å². The fourth-order valence-electron chi connectivity index (χ4n) is 4.73. The van der Waals surface area contributed by atoms with E-state index in [4.69, 9.17) is 4.74 Å². The molecule has 0 spiro atoms. The van der Waals surface area contributed by atoms with E-state index in [1.54, 1.807) is 7.11 Å². The zero-order valence-corrected chi connectivity index (χ0v) is 16.0. The van der Waals surface area contributed by atoms with Gasteiger partial charge in [0.25, 0.3) is 0 Å². The molecule has 1 aromatic rings. The Bertz CT molecular complexity index is 702. The quantitative estimate of drug-likeness (QED) is 0.603. The van der Waals surface area contributed by atoms with Gasteiger partial charge in [-0.15, -0.1) is 0 Å². The molecular formula is C22H28N2O3. The molecule has 144 valence electrons. The number of allylic oxidation sites excluding steroid dienone is 2. The highest BCUT2D eigenvalue weighted by Gasteiger charge is 2.47. The Labute approximate surface area is 161 Å². The van der Waals surface area contributed by atoms with Crippen molar-refractivity contribution < 1.29 is 14.3 Å². The van der Waals surface area contributed by atoms with Crippen molar-refractivity contribution >= 4 is 11.8 Å². The van der Waals surface area contributed by atoms with Crippen LogP contribution < -0.4 is 4.74 Å². The molecule has 3 atom stereocenters. The summed E-state index contributed by atoms with van der Waals surface area (Å²) in [6.45, 7) is 1.34. The van der Waals surface area contributed by atoms with Crippen LogP contribution in [0.1, 0.15) is 50.1 Å². The Hall–Kier alpha value is -2.14. The van der Waals surface area contributed by atoms with Gasteiger partial charge in [0.1, 0.15) is 5.75 Å². The van der Waals surface area contributed by atoms with Gasteiger partial charge in [0.2, 0.25) is 11.8 Å². The Kier molecular flexibility index (Phi) is 5.30. The molecule has 1 aliphatic carbocycles. The zero-order valence-electron chi connectivity index (χ0n) is 16.0. The Morgan fingerprint density at radius 3 is 2.26 bits per heavy atom. The summed E-state index contributed by atoms with van der Waals surface area (Å²) in [4.78, 5) is 29.6. The number of likely N-dealkylation sites (tertiary alicyclic amines) is 2. The SMILES string of the molecule is COc1ccc([C@H]2CCCCCN2CN2C(=O)[C@H]3CC=CC[C@H]3C2=O)cc1. The van der Waals surface area contributed by atoms with Gasteiger partial charge in [-0.2, -0.15) is 0 Å². The topological polar surface area (TPSA) is 49.9 Å². The minimum Gasteiger partial charge on any atom is -0.497 e. The van der Waals surface area contributed by atoms with Gasteiger partial charge in [-0.05, 0) is 43.4 Å². The highest BCUT2D eigenvalue weighted by atomic mass is 16.5. The number of benzene rings is 1. The van der Waals surface area contributed by atoms with Gasteiger partial charge in [-0.3, -0.25) is 19.4 Å². The second kappa shape index (κ2) is 7.85. The lowest BCUT2D eigenvalue weighted by molar-refractivity contribution is -0.143. The average Bonchev–Trinajstić information content (AvgIpc) is 2.86. The number of hydrogen-bond donors (Lipinski definition) is 0. The summed E-state index contributed by atoms with van der Waals surface area (Å²) in [5.74, 6) is 0.599. The van der Waals surface area contributed by atoms with Crippen molar-refractivity contribution in [3.63, 3.8) is 0 Å². The molecule has 0 saturated carbocycles. The number of imide groups is 1. The third-order valence-electron chi connectivity index (χ3n) is 6.29. The van der Waals surface area contributed by atoms with E-state index in [2.05, 4.69) is 17.0 Å². The lowest BCUT2D eigenvalue weighted by atomic mass is 9.85. The second-order valence-corrected chi connectivity index (χ2v) is 7.85. The van der Waals surface area contributed by atoms with Gasteiger partial charge in [-0.25, -0.2) is 0 Å². The fourth-order valence-corrected chi connectivity index (χ4v) is 4.73. The summed E-state index contributed by atoms with van der Waals surface area (Å²) in [5, 5.41) is 0. The maximum absolute atomic E-state index is 12.9. The van der Waals surface area contributed by atoms with Gasteiger partial charge in [0.05, 0.1) is 25.6 Å². The molecule has 0 N–H and O–H groups in total. The van der Waals surface area contributed by atoms with Crippen molar-refractivity contribution in [3.05, 3.63) is 42.0 Å². The molecule has 1 aromatic carbocycles. The summed E-state index contributed by atoms with van der Waals surface area (Å²) in [6, 6.07) is 8.44. The van der Waals surface area contributed by atoms with Crippen LogP contribution in [0.3, 0.4) is 0 Å². The first-order valence-corrected chi connectivity index (χ1v) is 10.1. The number of hydrogen-bond acceptors (Lipinski definition) is 4. The van der Waals surface area contributed by atoms with E-state index in [9.17, 15) is 9.59 Å². The van der Waals surface area contributed by atoms with E-state index in [1.807, 2.05) is 24.3 Å². The molecule has 27 heavy (non-hydrogen) atoms. The predicted molar refractivity (Wildman–Crippen MR) is 103 cm³/mol. The summed E-state index contributed by atoms with van der Waals surface area (Å²) in [6.07, 6.45) is 10.0. The smallest absolute Gasteiger partial charge is 0.234 e. The molecule has 5 nitrogen and oxygen atoms in total. The first-order valence-electron chi connectivity index (χ1n) is 10.1. The van der Waals surface area contributed by atoms with E-state index in [1.165, 1.54) is 23.3 Å². The van der Waals surface area contributed by atoms with Crippen LogP contribution in [0.2, 0.25) is 0 Å². The van der Waals surface area contributed by atoms with E-state index < -0.39 is 0 Å². The molecule has 2 amide bonds. The number of fused-ring (bicyclic) bond motifs is 1. The van der Waals surface area contributed by atoms with Crippen molar-refractivity contribution in [2.24, 2.45) is 11.8 Å². The van der Waals surface area contributed by atoms with Crippen molar-refractivity contribution in [2.45, 2.75) is 44.6 Å². The third kappa shape index (κ3) is 3.53. The molecule has 0 radical (unpaired) electrons. The van der Waals surface area contributed by atoms with Crippen LogP contribution in [-0.2, 0) is 9.59 Å². The molecular weight excluding hydrogens is 340 g/mol. The molecule has 2 saturated heterocycles. The first kappa shape index (κ1) is 18.2. The number of ether oxygens (including phenoxy) is 1. The number of nitrogens with zero attached hydrogens (tertiary/aromatic N) is 2. The maximum Gasteiger partial charge on any atom is 0.234 e. The van der Waals surface area contributed by atoms with Crippen LogP contribution in [0, 0.1) is 11.8 Å². The number of amides is 2. The minimum absolute atomic E-state index is 0.0204. The summed E-state index contributed by atoms with van der Waals surface area (Å²) < 4.78 is 5.28. The van der Waals surface area contributed by atoms with Gasteiger partial charge >= 0.3 is 0 Å². The van der Waals surface area contributed by atoms with Crippen LogP contribution in [-0.4, -0.2) is 41.9 Å². The molecule has 2 heterocycles. The first-order chi connectivity index (χ1) is 13.2. The number of methoxy groups -OCH3 is 1. The predicted octanol–water partition coefficient (Wildman–Crippen LogP) is 3.52. The van der Waals surface area contributed by atoms with Gasteiger partial charge in [0, 0.05) is 12.6 Å². The van der Waals surface area contributed by atoms with Gasteiger partial charge in [-0.1, -0.05) is 37.1 Å². The average molecular weight is 368 g/mol. The van der Waals surface area contributed by atoms with Crippen LogP contribution in [0.25, 0.3) is 0 Å². The molecule has 2 fully saturated rings. The second-order valence-electron chi connectivity index (χ2n) is 7.85. The molecule has 0 aromatic heterocycles. The Morgan fingerprint density at radius 2 is 1.63 bits per heavy atom. The largest absolute Gasteiger partial charge is 0.497 e. The van der Waals surface area contributed by atoms with E-state index in [0.717, 1.165) is 25.1 Å². The van der Waals surface area contributed by atoms with Crippen molar-refractivity contribution in [1.82, 2.24) is 9.80 Å². The van der Waals surface area contributed by atoms with Crippen molar-refractivity contribution in [3.8, 4) is 5.75 Å². The van der Waals surface area contributed by atoms with Crippen LogP contribution in [0.5, 0.6) is 5.75 Å². The molecule has 4 rings (SSSR count). The van der Waals surface area contributed by atoms with Crippen molar-refractivity contribution in [2.75, 3.05) is 20.3 Å². The standard InChI is InChI=1S/C22H28N2O3/c1-27-17-12-10-16(11-13-17)20-9-3-2-6-14-23(20)15-24-21(25)18-7-4-5-8-19(18)22(24)26/h4-5,10-13,18-20H,2-3,6-9,14-15H2,1H3/t18-,19+,20-/m1/s1. The summed E-state index contributed by atoms with van der Waals surface area (Å²) >= 11 is 0. The molecule has 0 unspecified atom stereocenters. The molecule has 5 heteroatoms. The number of carbonyl (C=O) groups is 2. The van der Waals surface area contributed by atoms with E-state index >= 15 is 0 Å². The number of carbonyl (C=O) groups excluding carboxylic acids is 2. The highest BCUT2D eigenvalue weighted by Crippen LogP contribution is 2.37. The maximum atomic E-state index is 12.9. The van der Waals surface area contributed by atoms with Gasteiger partial charge < -0.3 is 4.74 Å². The van der Waals surface area contributed by atoms with Crippen LogP contribution in [0.15, 0.2) is 36.4 Å². The molecule has 3 aliphatic rings. The lowest BCUT2D eigenvalue weighted by Gasteiger charge is -2.33. The summed E-state index contributed by atoms with van der Waals surface area (Å²) in [7, 11) is 1.67. The van der Waals surface area contributed by atoms with E-state index in [0.29, 0.717) is 19.5 Å². The Morgan fingerprint density at radius 1 is 0.963 bits per heavy atom. The fraction of sp³-hybridized carbons (Fsp3) is 0.545. The Balaban J connectivity index is 1.54. The van der Waals surface area contributed by atoms with Crippen molar-refractivity contribution in [1.29, 1.82) is 0 Å². The molecule has 2 aliphatic heterocycles. The summed E-state index contributed by atoms with van der Waals surface area (Å²) in [5.41, 5.74) is 1.23. The number of rotatable bonds is 4. The van der Waals surface area contributed by atoms with Gasteiger partial charge in [0.15, 0.2) is 0 Å². The van der Waals surface area contributed by atoms with Crippen LogP contribution in [0.4, 0.5) is 0 Å². The highest BCUT2D eigenvalue weighted by molar-refractivity contribution is 6.05. The lowest BCUT2D eigenvalue weighted by Crippen LogP contribution is -2.43. The monoisotopic (exact) mass is 368 g/mol. The molecule has 0 bridgehead atoms. The normalized spacial score (nSPS) is 28.9.